The monoisotopic (exact) mass is 557 g/mol. The number of phenolic OH excluding ortho intramolecular Hbond substituents is 1. The third-order valence-corrected chi connectivity index (χ3v) is 7.34. The second-order valence-corrected chi connectivity index (χ2v) is 9.22. The van der Waals surface area contributed by atoms with Crippen molar-refractivity contribution in [3.05, 3.63) is 59.1 Å². The molecule has 0 atom stereocenters. The summed E-state index contributed by atoms with van der Waals surface area (Å²) in [6.45, 7) is 0. The lowest BCUT2D eigenvalue weighted by Crippen LogP contribution is -2.03. The summed E-state index contributed by atoms with van der Waals surface area (Å²) in [6.07, 6.45) is 1.79. The highest BCUT2D eigenvalue weighted by Crippen LogP contribution is 2.49. The number of aromatic nitrogens is 1. The lowest BCUT2D eigenvalue weighted by atomic mass is 9.97. The summed E-state index contributed by atoms with van der Waals surface area (Å²) in [6, 6.07) is 12.3. The molecule has 0 fully saturated rings. The van der Waals surface area contributed by atoms with E-state index in [2.05, 4.69) is 0 Å². The van der Waals surface area contributed by atoms with Crippen molar-refractivity contribution in [2.75, 3.05) is 42.7 Å². The summed E-state index contributed by atoms with van der Waals surface area (Å²) in [4.78, 5) is 13.6. The van der Waals surface area contributed by atoms with Gasteiger partial charge < -0.3 is 42.3 Å². The number of ether oxygens (including phenoxy) is 6. The van der Waals surface area contributed by atoms with Crippen LogP contribution in [-0.4, -0.2) is 52.2 Å². The van der Waals surface area contributed by atoms with E-state index >= 15 is 0 Å². The first-order valence-corrected chi connectivity index (χ1v) is 12.6. The molecule has 0 aliphatic carbocycles. The maximum Gasteiger partial charge on any atom is 0.361 e. The number of aromatic hydroxyl groups is 1. The van der Waals surface area contributed by atoms with Crippen molar-refractivity contribution in [3.63, 3.8) is 0 Å². The fraction of sp³-hybridized carbons (Fsp3) is 0.194. The van der Waals surface area contributed by atoms with E-state index in [-0.39, 0.29) is 17.1 Å². The average Bonchev–Trinajstić information content (AvgIpc) is 3.35. The SMILES string of the molecule is COc1cc2c(cc1O)oc(=O)c1c2c(-c2ccc(OC)c(OC)c2)c2c3cc(OC)c(OC)c(OC)c3ccn21. The molecular formula is C31H27NO9. The van der Waals surface area contributed by atoms with Gasteiger partial charge in [0, 0.05) is 39.4 Å². The van der Waals surface area contributed by atoms with Crippen LogP contribution in [0.1, 0.15) is 0 Å². The summed E-state index contributed by atoms with van der Waals surface area (Å²) in [5.74, 6) is 2.54. The van der Waals surface area contributed by atoms with E-state index in [4.69, 9.17) is 32.8 Å². The molecule has 1 N–H and O–H groups in total. The molecule has 0 amide bonds. The van der Waals surface area contributed by atoms with Crippen molar-refractivity contribution in [3.8, 4) is 51.4 Å². The molecule has 3 aromatic heterocycles. The zero-order valence-corrected chi connectivity index (χ0v) is 23.3. The quantitative estimate of drug-likeness (QED) is 0.244. The minimum Gasteiger partial charge on any atom is -0.504 e. The van der Waals surface area contributed by atoms with Crippen molar-refractivity contribution in [2.24, 2.45) is 0 Å². The summed E-state index contributed by atoms with van der Waals surface area (Å²) < 4.78 is 41.2. The summed E-state index contributed by atoms with van der Waals surface area (Å²) in [5, 5.41) is 13.1. The Morgan fingerprint density at radius 3 is 2.00 bits per heavy atom. The third-order valence-electron chi connectivity index (χ3n) is 7.34. The molecule has 10 nitrogen and oxygen atoms in total. The number of rotatable bonds is 7. The van der Waals surface area contributed by atoms with Crippen LogP contribution in [0.5, 0.6) is 40.2 Å². The van der Waals surface area contributed by atoms with Gasteiger partial charge in [0.05, 0.1) is 48.2 Å². The fourth-order valence-electron chi connectivity index (χ4n) is 5.57. The Morgan fingerprint density at radius 2 is 1.34 bits per heavy atom. The summed E-state index contributed by atoms with van der Waals surface area (Å²) in [7, 11) is 9.25. The van der Waals surface area contributed by atoms with Crippen LogP contribution in [0.15, 0.2) is 57.9 Å². The molecule has 6 aromatic rings. The average molecular weight is 558 g/mol. The predicted molar refractivity (Wildman–Crippen MR) is 155 cm³/mol. The van der Waals surface area contributed by atoms with Gasteiger partial charge in [-0.3, -0.25) is 0 Å². The van der Waals surface area contributed by atoms with Crippen LogP contribution in [0, 0.1) is 0 Å². The van der Waals surface area contributed by atoms with Gasteiger partial charge >= 0.3 is 5.63 Å². The van der Waals surface area contributed by atoms with Gasteiger partial charge in [0.1, 0.15) is 11.1 Å². The summed E-state index contributed by atoms with van der Waals surface area (Å²) >= 11 is 0. The van der Waals surface area contributed by atoms with E-state index in [1.54, 1.807) is 58.3 Å². The summed E-state index contributed by atoms with van der Waals surface area (Å²) in [5.41, 5.74) is 2.09. The van der Waals surface area contributed by atoms with Gasteiger partial charge in [-0.15, -0.1) is 0 Å². The van der Waals surface area contributed by atoms with Crippen LogP contribution in [0.3, 0.4) is 0 Å². The molecule has 0 bridgehead atoms. The Morgan fingerprint density at radius 1 is 0.659 bits per heavy atom. The smallest absolute Gasteiger partial charge is 0.361 e. The Kier molecular flexibility index (Phi) is 6.18. The maximum absolute atomic E-state index is 13.6. The molecule has 0 unspecified atom stereocenters. The first kappa shape index (κ1) is 26.0. The second-order valence-electron chi connectivity index (χ2n) is 9.22. The van der Waals surface area contributed by atoms with Gasteiger partial charge in [0.15, 0.2) is 34.5 Å². The van der Waals surface area contributed by atoms with Gasteiger partial charge in [-0.05, 0) is 35.9 Å². The van der Waals surface area contributed by atoms with Gasteiger partial charge in [-0.2, -0.15) is 0 Å². The Balaban J connectivity index is 1.93. The van der Waals surface area contributed by atoms with Gasteiger partial charge in [0.25, 0.3) is 0 Å². The largest absolute Gasteiger partial charge is 0.504 e. The number of phenols is 1. The highest BCUT2D eigenvalue weighted by molar-refractivity contribution is 6.22. The minimum absolute atomic E-state index is 0.147. The van der Waals surface area contributed by atoms with Gasteiger partial charge in [-0.1, -0.05) is 6.07 Å². The minimum atomic E-state index is -0.578. The van der Waals surface area contributed by atoms with Crippen LogP contribution in [-0.2, 0) is 0 Å². The second kappa shape index (κ2) is 9.74. The fourth-order valence-corrected chi connectivity index (χ4v) is 5.57. The molecule has 3 aromatic carbocycles. The van der Waals surface area contributed by atoms with E-state index in [0.717, 1.165) is 16.3 Å². The maximum atomic E-state index is 13.6. The molecule has 210 valence electrons. The van der Waals surface area contributed by atoms with Crippen LogP contribution in [0.25, 0.3) is 49.3 Å². The van der Waals surface area contributed by atoms with Crippen molar-refractivity contribution < 1.29 is 37.9 Å². The van der Waals surface area contributed by atoms with Crippen LogP contribution in [0.4, 0.5) is 0 Å². The number of benzene rings is 3. The first-order chi connectivity index (χ1) is 19.9. The Labute approximate surface area is 233 Å². The van der Waals surface area contributed by atoms with E-state index in [1.807, 2.05) is 24.3 Å². The van der Waals surface area contributed by atoms with Crippen molar-refractivity contribution in [1.29, 1.82) is 0 Å². The Hall–Kier alpha value is -5.25. The van der Waals surface area contributed by atoms with Crippen LogP contribution >= 0.6 is 0 Å². The highest BCUT2D eigenvalue weighted by atomic mass is 16.5. The number of fused-ring (bicyclic) bond motifs is 7. The van der Waals surface area contributed by atoms with E-state index < -0.39 is 5.63 Å². The number of nitrogens with zero attached hydrogens (tertiary/aromatic N) is 1. The van der Waals surface area contributed by atoms with Crippen LogP contribution < -0.4 is 34.0 Å². The molecule has 3 heterocycles. The van der Waals surface area contributed by atoms with E-state index in [9.17, 15) is 9.90 Å². The molecule has 0 aliphatic heterocycles. The molecule has 0 saturated carbocycles. The predicted octanol–water partition coefficient (Wildman–Crippen LogP) is 5.78. The van der Waals surface area contributed by atoms with Gasteiger partial charge in [0.2, 0.25) is 5.75 Å². The molecule has 0 aliphatic rings. The highest BCUT2D eigenvalue weighted by Gasteiger charge is 2.26. The number of hydrogen-bond acceptors (Lipinski definition) is 9. The molecule has 6 rings (SSSR count). The van der Waals surface area contributed by atoms with Gasteiger partial charge in [-0.25, -0.2) is 4.79 Å². The Bertz CT molecular complexity index is 2060. The van der Waals surface area contributed by atoms with E-state index in [1.165, 1.54) is 13.2 Å². The van der Waals surface area contributed by atoms with Crippen molar-refractivity contribution in [1.82, 2.24) is 4.40 Å². The van der Waals surface area contributed by atoms with Crippen molar-refractivity contribution >= 4 is 38.2 Å². The number of pyridine rings is 1. The standard InChI is InChI=1S/C31H27NO9/c1-35-20-8-7-15(11-23(20)37-3)25-26-18-13-22(36-2)19(33)14-21(18)41-31(34)28(26)32-10-9-16-17(27(25)32)12-24(38-4)30(40-6)29(16)39-5/h7-14,33H,1-6H3. The van der Waals surface area contributed by atoms with Crippen LogP contribution in [0.2, 0.25) is 0 Å². The lowest BCUT2D eigenvalue weighted by Gasteiger charge is -2.16. The number of hydrogen-bond donors (Lipinski definition) is 1. The topological polar surface area (TPSA) is 110 Å². The number of methoxy groups -OCH3 is 6. The molecule has 10 heteroatoms. The van der Waals surface area contributed by atoms with Crippen molar-refractivity contribution in [2.45, 2.75) is 0 Å². The first-order valence-electron chi connectivity index (χ1n) is 12.6. The van der Waals surface area contributed by atoms with E-state index in [0.29, 0.717) is 56.1 Å². The lowest BCUT2D eigenvalue weighted by molar-refractivity contribution is 0.327. The third kappa shape index (κ3) is 3.67. The normalized spacial score (nSPS) is 11.4. The zero-order valence-electron chi connectivity index (χ0n) is 23.3. The molecule has 0 spiro atoms. The molecule has 0 radical (unpaired) electrons. The zero-order chi connectivity index (χ0) is 29.0. The molecule has 41 heavy (non-hydrogen) atoms. The molecular weight excluding hydrogens is 530 g/mol. The molecule has 0 saturated heterocycles.